The van der Waals surface area contributed by atoms with Crippen LogP contribution in [0.15, 0.2) is 4.42 Å². The second kappa shape index (κ2) is 5.48. The summed E-state index contributed by atoms with van der Waals surface area (Å²) in [6, 6.07) is 0.164. The Labute approximate surface area is 111 Å². The molecule has 1 aliphatic carbocycles. The molecule has 2 heteroatoms. The van der Waals surface area contributed by atoms with E-state index < -0.39 is 0 Å². The molecule has 1 heterocycles. The summed E-state index contributed by atoms with van der Waals surface area (Å²) in [6.07, 6.45) is 6.60. The Balaban J connectivity index is 2.17. The molecule has 0 bridgehead atoms. The molecule has 1 aromatic rings. The molecule has 2 rings (SSSR count). The van der Waals surface area contributed by atoms with E-state index in [-0.39, 0.29) is 6.04 Å². The van der Waals surface area contributed by atoms with E-state index in [1.807, 2.05) is 6.92 Å². The lowest BCUT2D eigenvalue weighted by molar-refractivity contribution is 0.229. The summed E-state index contributed by atoms with van der Waals surface area (Å²) in [5.41, 5.74) is 9.08. The molecule has 1 fully saturated rings. The Morgan fingerprint density at radius 1 is 1.22 bits per heavy atom. The van der Waals surface area contributed by atoms with Crippen LogP contribution in [0.25, 0.3) is 0 Å². The molecule has 0 saturated heterocycles. The van der Waals surface area contributed by atoms with Gasteiger partial charge in [0.15, 0.2) is 0 Å². The largest absolute Gasteiger partial charge is 0.466 e. The predicted octanol–water partition coefficient (Wildman–Crippen LogP) is 4.42. The zero-order chi connectivity index (χ0) is 13.3. The maximum absolute atomic E-state index is 6.54. The quantitative estimate of drug-likeness (QED) is 0.861. The zero-order valence-corrected chi connectivity index (χ0v) is 12.3. The minimum absolute atomic E-state index is 0.164. The number of hydrogen-bond acceptors (Lipinski definition) is 2. The molecule has 0 radical (unpaired) electrons. The molecule has 0 aromatic carbocycles. The molecular weight excluding hydrogens is 222 g/mol. The first kappa shape index (κ1) is 13.7. The van der Waals surface area contributed by atoms with E-state index in [4.69, 9.17) is 10.2 Å². The van der Waals surface area contributed by atoms with Crippen LogP contribution in [-0.2, 0) is 0 Å². The summed E-state index contributed by atoms with van der Waals surface area (Å²) in [6.45, 7) is 8.53. The van der Waals surface area contributed by atoms with Gasteiger partial charge in [-0.2, -0.15) is 0 Å². The normalized spacial score (nSPS) is 26.3. The standard InChI is InChI=1S/C16H27NO/c1-5-13-7-6-8-14(9-13)16(17)15-10(2)11(3)18-12(15)4/h13-14,16H,5-9,17H2,1-4H3. The zero-order valence-electron chi connectivity index (χ0n) is 12.3. The van der Waals surface area contributed by atoms with Crippen LogP contribution >= 0.6 is 0 Å². The van der Waals surface area contributed by atoms with Crippen molar-refractivity contribution in [3.05, 3.63) is 22.6 Å². The Morgan fingerprint density at radius 3 is 2.50 bits per heavy atom. The monoisotopic (exact) mass is 249 g/mol. The lowest BCUT2D eigenvalue weighted by Crippen LogP contribution is -2.27. The van der Waals surface area contributed by atoms with Crippen LogP contribution in [0.1, 0.15) is 67.7 Å². The van der Waals surface area contributed by atoms with E-state index in [9.17, 15) is 0 Å². The Bertz CT molecular complexity index is 407. The maximum atomic E-state index is 6.54. The molecular formula is C16H27NO. The first-order valence-corrected chi connectivity index (χ1v) is 7.36. The molecule has 0 amide bonds. The molecule has 0 spiro atoms. The van der Waals surface area contributed by atoms with Gasteiger partial charge in [-0.1, -0.05) is 26.2 Å². The summed E-state index contributed by atoms with van der Waals surface area (Å²) >= 11 is 0. The number of furan rings is 1. The van der Waals surface area contributed by atoms with Crippen molar-refractivity contribution in [3.8, 4) is 0 Å². The number of aryl methyl sites for hydroxylation is 2. The third-order valence-corrected chi connectivity index (χ3v) is 4.86. The van der Waals surface area contributed by atoms with Crippen LogP contribution in [0.3, 0.4) is 0 Å². The topological polar surface area (TPSA) is 39.2 Å². The van der Waals surface area contributed by atoms with Gasteiger partial charge in [0.1, 0.15) is 11.5 Å². The van der Waals surface area contributed by atoms with Crippen LogP contribution in [0, 0.1) is 32.6 Å². The number of nitrogens with two attached hydrogens (primary N) is 1. The van der Waals surface area contributed by atoms with E-state index in [1.54, 1.807) is 0 Å². The van der Waals surface area contributed by atoms with Crippen molar-refractivity contribution in [2.24, 2.45) is 17.6 Å². The smallest absolute Gasteiger partial charge is 0.106 e. The molecule has 102 valence electrons. The molecule has 2 nitrogen and oxygen atoms in total. The molecule has 18 heavy (non-hydrogen) atoms. The third kappa shape index (κ3) is 2.49. The van der Waals surface area contributed by atoms with Crippen LogP contribution in [-0.4, -0.2) is 0 Å². The van der Waals surface area contributed by atoms with Gasteiger partial charge in [-0.15, -0.1) is 0 Å². The van der Waals surface area contributed by atoms with Gasteiger partial charge in [-0.05, 0) is 51.0 Å². The summed E-state index contributed by atoms with van der Waals surface area (Å²) in [4.78, 5) is 0. The molecule has 3 unspecified atom stereocenters. The van der Waals surface area contributed by atoms with Crippen molar-refractivity contribution in [1.29, 1.82) is 0 Å². The van der Waals surface area contributed by atoms with E-state index >= 15 is 0 Å². The van der Waals surface area contributed by atoms with Crippen molar-refractivity contribution in [1.82, 2.24) is 0 Å². The second-order valence-corrected chi connectivity index (χ2v) is 5.98. The van der Waals surface area contributed by atoms with Crippen LogP contribution in [0.4, 0.5) is 0 Å². The highest BCUT2D eigenvalue weighted by Gasteiger charge is 2.29. The highest BCUT2D eigenvalue weighted by Crippen LogP contribution is 2.39. The summed E-state index contributed by atoms with van der Waals surface area (Å²) in [5.74, 6) is 3.57. The molecule has 1 saturated carbocycles. The average molecular weight is 249 g/mol. The fourth-order valence-electron chi connectivity index (χ4n) is 3.56. The van der Waals surface area contributed by atoms with Crippen LogP contribution in [0.5, 0.6) is 0 Å². The van der Waals surface area contributed by atoms with Crippen molar-refractivity contribution in [3.63, 3.8) is 0 Å². The summed E-state index contributed by atoms with van der Waals surface area (Å²) < 4.78 is 5.73. The van der Waals surface area contributed by atoms with E-state index in [1.165, 1.54) is 43.2 Å². The van der Waals surface area contributed by atoms with Gasteiger partial charge < -0.3 is 10.2 Å². The lowest BCUT2D eigenvalue weighted by atomic mass is 9.75. The highest BCUT2D eigenvalue weighted by atomic mass is 16.3. The van der Waals surface area contributed by atoms with E-state index in [0.717, 1.165) is 17.4 Å². The van der Waals surface area contributed by atoms with Gasteiger partial charge in [0.2, 0.25) is 0 Å². The van der Waals surface area contributed by atoms with Gasteiger partial charge in [0.05, 0.1) is 0 Å². The SMILES string of the molecule is CCC1CCCC(C(N)c2c(C)oc(C)c2C)C1. The van der Waals surface area contributed by atoms with Crippen molar-refractivity contribution < 1.29 is 4.42 Å². The highest BCUT2D eigenvalue weighted by molar-refractivity contribution is 5.34. The molecule has 1 aliphatic rings. The second-order valence-electron chi connectivity index (χ2n) is 5.98. The molecule has 1 aromatic heterocycles. The van der Waals surface area contributed by atoms with Crippen molar-refractivity contribution in [2.75, 3.05) is 0 Å². The van der Waals surface area contributed by atoms with E-state index in [0.29, 0.717) is 5.92 Å². The first-order chi connectivity index (χ1) is 8.54. The van der Waals surface area contributed by atoms with Crippen LogP contribution in [0.2, 0.25) is 0 Å². The Kier molecular flexibility index (Phi) is 4.16. The fraction of sp³-hybridized carbons (Fsp3) is 0.750. The van der Waals surface area contributed by atoms with Gasteiger partial charge in [-0.25, -0.2) is 0 Å². The van der Waals surface area contributed by atoms with Crippen LogP contribution < -0.4 is 5.73 Å². The minimum atomic E-state index is 0.164. The molecule has 3 atom stereocenters. The fourth-order valence-corrected chi connectivity index (χ4v) is 3.56. The van der Waals surface area contributed by atoms with Gasteiger partial charge in [0, 0.05) is 11.6 Å². The molecule has 2 N–H and O–H groups in total. The Morgan fingerprint density at radius 2 is 1.94 bits per heavy atom. The van der Waals surface area contributed by atoms with E-state index in [2.05, 4.69) is 20.8 Å². The Hall–Kier alpha value is -0.760. The maximum Gasteiger partial charge on any atom is 0.106 e. The van der Waals surface area contributed by atoms with Gasteiger partial charge >= 0.3 is 0 Å². The number of rotatable bonds is 3. The minimum Gasteiger partial charge on any atom is -0.466 e. The van der Waals surface area contributed by atoms with Gasteiger partial charge in [-0.3, -0.25) is 0 Å². The van der Waals surface area contributed by atoms with Gasteiger partial charge in [0.25, 0.3) is 0 Å². The lowest BCUT2D eigenvalue weighted by Gasteiger charge is -2.32. The number of hydrogen-bond donors (Lipinski definition) is 1. The van der Waals surface area contributed by atoms with Crippen molar-refractivity contribution >= 4 is 0 Å². The average Bonchev–Trinajstić information content (AvgIpc) is 2.62. The molecule has 0 aliphatic heterocycles. The van der Waals surface area contributed by atoms with Crippen molar-refractivity contribution in [2.45, 2.75) is 65.8 Å². The summed E-state index contributed by atoms with van der Waals surface area (Å²) in [5, 5.41) is 0. The third-order valence-electron chi connectivity index (χ3n) is 4.86. The predicted molar refractivity (Wildman–Crippen MR) is 75.6 cm³/mol. The summed E-state index contributed by atoms with van der Waals surface area (Å²) in [7, 11) is 0. The first-order valence-electron chi connectivity index (χ1n) is 7.36.